The number of thioether (sulfide) groups is 1. The molecule has 26 heavy (non-hydrogen) atoms. The van der Waals surface area contributed by atoms with E-state index in [0.29, 0.717) is 19.1 Å². The highest BCUT2D eigenvalue weighted by Crippen LogP contribution is 2.18. The number of methoxy groups -OCH3 is 1. The molecule has 0 saturated carbocycles. The van der Waals surface area contributed by atoms with Gasteiger partial charge in [0, 0.05) is 50.4 Å². The van der Waals surface area contributed by atoms with Gasteiger partial charge in [0.2, 0.25) is 0 Å². The molecule has 7 heteroatoms. The van der Waals surface area contributed by atoms with Gasteiger partial charge in [0.1, 0.15) is 0 Å². The van der Waals surface area contributed by atoms with Gasteiger partial charge >= 0.3 is 0 Å². The van der Waals surface area contributed by atoms with Gasteiger partial charge in [-0.3, -0.25) is 4.99 Å². The Kier molecular flexibility index (Phi) is 12.3. The van der Waals surface area contributed by atoms with Crippen molar-refractivity contribution in [1.29, 1.82) is 0 Å². The molecular weight excluding hydrogens is 461 g/mol. The molecule has 1 N–H and O–H groups in total. The molecule has 0 amide bonds. The molecule has 5 nitrogen and oxygen atoms in total. The normalized spacial score (nSPS) is 17.3. The second kappa shape index (κ2) is 13.6. The van der Waals surface area contributed by atoms with Gasteiger partial charge in [0.05, 0.1) is 19.8 Å². The first-order valence-electron chi connectivity index (χ1n) is 8.94. The van der Waals surface area contributed by atoms with Crippen LogP contribution in [0.3, 0.4) is 0 Å². The highest BCUT2D eigenvalue weighted by Gasteiger charge is 2.24. The molecule has 0 aliphatic carbocycles. The van der Waals surface area contributed by atoms with Crippen molar-refractivity contribution in [2.45, 2.75) is 18.2 Å². The van der Waals surface area contributed by atoms with Crippen LogP contribution in [0.25, 0.3) is 0 Å². The van der Waals surface area contributed by atoms with Crippen LogP contribution in [0.1, 0.15) is 12.0 Å². The lowest BCUT2D eigenvalue weighted by Crippen LogP contribution is -2.41. The summed E-state index contributed by atoms with van der Waals surface area (Å²) >= 11 is 1.87. The van der Waals surface area contributed by atoms with Crippen LogP contribution in [-0.4, -0.2) is 70.2 Å². The average molecular weight is 493 g/mol. The van der Waals surface area contributed by atoms with E-state index in [9.17, 15) is 0 Å². The monoisotopic (exact) mass is 493 g/mol. The summed E-state index contributed by atoms with van der Waals surface area (Å²) in [5.41, 5.74) is 1.30. The Balaban J connectivity index is 0.00000338. The fourth-order valence-electron chi connectivity index (χ4n) is 2.85. The first-order chi connectivity index (χ1) is 12.2. The lowest BCUT2D eigenvalue weighted by molar-refractivity contribution is 0.0536. The first-order valence-corrected chi connectivity index (χ1v) is 9.93. The van der Waals surface area contributed by atoms with Crippen LogP contribution in [0.15, 0.2) is 34.2 Å². The van der Waals surface area contributed by atoms with Crippen molar-refractivity contribution >= 4 is 41.7 Å². The number of halogens is 1. The van der Waals surface area contributed by atoms with Crippen LogP contribution in [-0.2, 0) is 9.47 Å². The molecule has 1 fully saturated rings. The number of nitrogens with one attached hydrogen (secondary N) is 1. The Labute approximate surface area is 179 Å². The molecule has 1 aliphatic rings. The first kappa shape index (κ1) is 23.5. The minimum atomic E-state index is 0. The molecule has 0 bridgehead atoms. The Morgan fingerprint density at radius 2 is 2.08 bits per heavy atom. The van der Waals surface area contributed by atoms with Gasteiger partial charge in [-0.15, -0.1) is 35.7 Å². The number of nitrogens with zero attached hydrogens (tertiary/aromatic N) is 2. The molecule has 1 unspecified atom stereocenters. The van der Waals surface area contributed by atoms with Crippen LogP contribution >= 0.6 is 35.7 Å². The third-order valence-corrected chi connectivity index (χ3v) is 5.27. The van der Waals surface area contributed by atoms with Gasteiger partial charge in [0.25, 0.3) is 0 Å². The van der Waals surface area contributed by atoms with E-state index in [1.165, 1.54) is 10.5 Å². The maximum atomic E-state index is 5.66. The second-order valence-electron chi connectivity index (χ2n) is 6.30. The third-order valence-electron chi connectivity index (χ3n) is 4.26. The number of rotatable bonds is 9. The summed E-state index contributed by atoms with van der Waals surface area (Å²) in [6.07, 6.45) is 1.16. The van der Waals surface area contributed by atoms with E-state index in [2.05, 4.69) is 46.4 Å². The molecule has 2 rings (SSSR count). The van der Waals surface area contributed by atoms with Crippen LogP contribution in [0.2, 0.25) is 0 Å². The van der Waals surface area contributed by atoms with Crippen molar-refractivity contribution in [2.24, 2.45) is 10.9 Å². The predicted molar refractivity (Wildman–Crippen MR) is 121 cm³/mol. The van der Waals surface area contributed by atoms with Crippen molar-refractivity contribution in [3.05, 3.63) is 29.8 Å². The number of benzene rings is 1. The molecule has 148 valence electrons. The zero-order valence-electron chi connectivity index (χ0n) is 16.1. The largest absolute Gasteiger partial charge is 0.382 e. The SMILES string of the molecule is CN=C(NCCSc1ccc(C)cc1)N1CCC(COCCOC)C1.I. The van der Waals surface area contributed by atoms with Gasteiger partial charge < -0.3 is 19.7 Å². The van der Waals surface area contributed by atoms with Gasteiger partial charge in [-0.2, -0.15) is 0 Å². The van der Waals surface area contributed by atoms with Crippen molar-refractivity contribution in [1.82, 2.24) is 10.2 Å². The maximum absolute atomic E-state index is 5.66. The Hall–Kier alpha value is -0.510. The summed E-state index contributed by atoms with van der Waals surface area (Å²) in [6.45, 7) is 7.23. The topological polar surface area (TPSA) is 46.1 Å². The fraction of sp³-hybridized carbons (Fsp3) is 0.632. The van der Waals surface area contributed by atoms with E-state index in [0.717, 1.165) is 44.4 Å². The maximum Gasteiger partial charge on any atom is 0.193 e. The number of hydrogen-bond donors (Lipinski definition) is 1. The van der Waals surface area contributed by atoms with E-state index in [1.807, 2.05) is 18.8 Å². The lowest BCUT2D eigenvalue weighted by Gasteiger charge is -2.21. The summed E-state index contributed by atoms with van der Waals surface area (Å²) in [4.78, 5) is 8.08. The number of aliphatic imine (C=N–C) groups is 1. The molecular formula is C19H32IN3O2S. The minimum absolute atomic E-state index is 0. The van der Waals surface area contributed by atoms with Gasteiger partial charge in [-0.05, 0) is 25.5 Å². The fourth-order valence-corrected chi connectivity index (χ4v) is 3.62. The number of hydrogen-bond acceptors (Lipinski definition) is 4. The van der Waals surface area contributed by atoms with E-state index in [1.54, 1.807) is 7.11 Å². The Morgan fingerprint density at radius 3 is 2.77 bits per heavy atom. The smallest absolute Gasteiger partial charge is 0.193 e. The van der Waals surface area contributed by atoms with Gasteiger partial charge in [0.15, 0.2) is 5.96 Å². The summed E-state index contributed by atoms with van der Waals surface area (Å²) in [5, 5.41) is 3.48. The predicted octanol–water partition coefficient (Wildman–Crippen LogP) is 3.27. The van der Waals surface area contributed by atoms with Gasteiger partial charge in [-0.25, -0.2) is 0 Å². The molecule has 0 radical (unpaired) electrons. The van der Waals surface area contributed by atoms with E-state index >= 15 is 0 Å². The standard InChI is InChI=1S/C19H31N3O2S.HI/c1-16-4-6-18(7-5-16)25-13-9-21-19(20-2)22-10-8-17(14-22)15-24-12-11-23-3;/h4-7,17H,8-15H2,1-3H3,(H,20,21);1H. The van der Waals surface area contributed by atoms with Crippen LogP contribution in [0.4, 0.5) is 0 Å². The lowest BCUT2D eigenvalue weighted by atomic mass is 10.1. The van der Waals surface area contributed by atoms with Crippen LogP contribution < -0.4 is 5.32 Å². The molecule has 1 saturated heterocycles. The summed E-state index contributed by atoms with van der Waals surface area (Å²) < 4.78 is 10.7. The van der Waals surface area contributed by atoms with Crippen molar-refractivity contribution in [3.63, 3.8) is 0 Å². The molecule has 1 aromatic carbocycles. The molecule has 0 spiro atoms. The highest BCUT2D eigenvalue weighted by atomic mass is 127. The quantitative estimate of drug-likeness (QED) is 0.188. The minimum Gasteiger partial charge on any atom is -0.382 e. The third kappa shape index (κ3) is 8.45. The Bertz CT molecular complexity index is 528. The van der Waals surface area contributed by atoms with E-state index in [-0.39, 0.29) is 24.0 Å². The zero-order chi connectivity index (χ0) is 17.9. The summed E-state index contributed by atoms with van der Waals surface area (Å²) in [5.74, 6) is 2.61. The van der Waals surface area contributed by atoms with Crippen molar-refractivity contribution in [3.8, 4) is 0 Å². The second-order valence-corrected chi connectivity index (χ2v) is 7.47. The number of likely N-dealkylation sites (tertiary alicyclic amines) is 1. The highest BCUT2D eigenvalue weighted by molar-refractivity contribution is 14.0. The number of aryl methyl sites for hydroxylation is 1. The van der Waals surface area contributed by atoms with Crippen LogP contribution in [0, 0.1) is 12.8 Å². The number of guanidine groups is 1. The molecule has 1 aliphatic heterocycles. The van der Waals surface area contributed by atoms with Gasteiger partial charge in [-0.1, -0.05) is 17.7 Å². The number of ether oxygens (including phenoxy) is 2. The average Bonchev–Trinajstić information content (AvgIpc) is 3.09. The van der Waals surface area contributed by atoms with Crippen molar-refractivity contribution < 1.29 is 9.47 Å². The molecule has 1 heterocycles. The van der Waals surface area contributed by atoms with Crippen molar-refractivity contribution in [2.75, 3.05) is 59.4 Å². The Morgan fingerprint density at radius 1 is 1.31 bits per heavy atom. The molecule has 0 aromatic heterocycles. The van der Waals surface area contributed by atoms with E-state index in [4.69, 9.17) is 9.47 Å². The van der Waals surface area contributed by atoms with Crippen LogP contribution in [0.5, 0.6) is 0 Å². The summed E-state index contributed by atoms with van der Waals surface area (Å²) in [7, 11) is 3.56. The summed E-state index contributed by atoms with van der Waals surface area (Å²) in [6, 6.07) is 8.69. The zero-order valence-corrected chi connectivity index (χ0v) is 19.2. The molecule has 1 atom stereocenters. The van der Waals surface area contributed by atoms with E-state index < -0.39 is 0 Å². The molecule has 1 aromatic rings.